The molecule has 0 saturated carbocycles. The lowest BCUT2D eigenvalue weighted by Crippen LogP contribution is -2.10. The molecule has 3 N–H and O–H groups in total. The number of para-hydroxylation sites is 1. The van der Waals surface area contributed by atoms with Crippen molar-refractivity contribution in [1.29, 1.82) is 0 Å². The standard InChI is InChI=1S/C17H21NO2/c1-17(2,3)13-7-9-14(10-8-13)18-11-12-5-4-6-15(19)16(12)20/h4-10,18-20H,11H2,1-3H3. The van der Waals surface area contributed by atoms with Gasteiger partial charge in [-0.25, -0.2) is 0 Å². The highest BCUT2D eigenvalue weighted by Gasteiger charge is 2.12. The van der Waals surface area contributed by atoms with Gasteiger partial charge in [0.05, 0.1) is 0 Å². The van der Waals surface area contributed by atoms with Crippen LogP contribution < -0.4 is 5.32 Å². The van der Waals surface area contributed by atoms with Crippen molar-refractivity contribution in [3.63, 3.8) is 0 Å². The van der Waals surface area contributed by atoms with Crippen molar-refractivity contribution in [2.45, 2.75) is 32.7 Å². The summed E-state index contributed by atoms with van der Waals surface area (Å²) in [5, 5.41) is 22.4. The molecule has 106 valence electrons. The Bertz CT molecular complexity index is 583. The molecule has 0 aromatic heterocycles. The summed E-state index contributed by atoms with van der Waals surface area (Å²) in [5.41, 5.74) is 3.08. The second-order valence-electron chi connectivity index (χ2n) is 5.97. The van der Waals surface area contributed by atoms with Crippen LogP contribution >= 0.6 is 0 Å². The van der Waals surface area contributed by atoms with E-state index in [0.29, 0.717) is 12.1 Å². The summed E-state index contributed by atoms with van der Waals surface area (Å²) in [4.78, 5) is 0. The number of benzene rings is 2. The van der Waals surface area contributed by atoms with Crippen LogP contribution in [0.4, 0.5) is 5.69 Å². The minimum Gasteiger partial charge on any atom is -0.504 e. The third-order valence-corrected chi connectivity index (χ3v) is 3.33. The van der Waals surface area contributed by atoms with E-state index in [9.17, 15) is 10.2 Å². The van der Waals surface area contributed by atoms with Crippen LogP contribution in [-0.4, -0.2) is 10.2 Å². The largest absolute Gasteiger partial charge is 0.504 e. The van der Waals surface area contributed by atoms with Gasteiger partial charge in [0.25, 0.3) is 0 Å². The van der Waals surface area contributed by atoms with Crippen LogP contribution in [0.5, 0.6) is 11.5 Å². The second kappa shape index (κ2) is 5.45. The fourth-order valence-electron chi connectivity index (χ4n) is 2.01. The van der Waals surface area contributed by atoms with Gasteiger partial charge in [0.2, 0.25) is 0 Å². The quantitative estimate of drug-likeness (QED) is 0.739. The van der Waals surface area contributed by atoms with Gasteiger partial charge in [0, 0.05) is 17.8 Å². The zero-order valence-electron chi connectivity index (χ0n) is 12.1. The molecule has 0 spiro atoms. The maximum atomic E-state index is 9.74. The summed E-state index contributed by atoms with van der Waals surface area (Å²) in [6, 6.07) is 13.2. The highest BCUT2D eigenvalue weighted by Crippen LogP contribution is 2.29. The first-order valence-electron chi connectivity index (χ1n) is 6.72. The predicted molar refractivity (Wildman–Crippen MR) is 82.2 cm³/mol. The molecule has 20 heavy (non-hydrogen) atoms. The van der Waals surface area contributed by atoms with Gasteiger partial charge in [-0.3, -0.25) is 0 Å². The molecule has 2 aromatic rings. The molecule has 3 nitrogen and oxygen atoms in total. The maximum absolute atomic E-state index is 9.74. The molecule has 3 heteroatoms. The molecule has 0 aliphatic carbocycles. The van der Waals surface area contributed by atoms with Crippen LogP contribution in [0.15, 0.2) is 42.5 Å². The van der Waals surface area contributed by atoms with Gasteiger partial charge in [0.1, 0.15) is 0 Å². The van der Waals surface area contributed by atoms with Crippen LogP contribution in [0.25, 0.3) is 0 Å². The Morgan fingerprint density at radius 2 is 1.60 bits per heavy atom. The van der Waals surface area contributed by atoms with E-state index in [0.717, 1.165) is 5.69 Å². The minimum absolute atomic E-state index is 0.0636. The summed E-state index contributed by atoms with van der Waals surface area (Å²) in [5.74, 6) is -0.154. The van der Waals surface area contributed by atoms with Gasteiger partial charge in [-0.1, -0.05) is 45.0 Å². The normalized spacial score (nSPS) is 11.3. The number of nitrogens with one attached hydrogen (secondary N) is 1. The summed E-state index contributed by atoms with van der Waals surface area (Å²) in [7, 11) is 0. The molecule has 0 bridgehead atoms. The molecule has 0 atom stereocenters. The molecule has 0 saturated heterocycles. The molecule has 0 aliphatic heterocycles. The third kappa shape index (κ3) is 3.23. The zero-order valence-corrected chi connectivity index (χ0v) is 12.1. The smallest absolute Gasteiger partial charge is 0.162 e. The van der Waals surface area contributed by atoms with E-state index < -0.39 is 0 Å². The lowest BCUT2D eigenvalue weighted by atomic mass is 9.87. The fraction of sp³-hybridized carbons (Fsp3) is 0.294. The molecule has 0 fully saturated rings. The Hall–Kier alpha value is -2.16. The minimum atomic E-state index is -0.0904. The fourth-order valence-corrected chi connectivity index (χ4v) is 2.01. The zero-order chi connectivity index (χ0) is 14.8. The van der Waals surface area contributed by atoms with Crippen molar-refractivity contribution in [3.05, 3.63) is 53.6 Å². The van der Waals surface area contributed by atoms with Crippen LogP contribution in [0.3, 0.4) is 0 Å². The Morgan fingerprint density at radius 3 is 2.20 bits per heavy atom. The van der Waals surface area contributed by atoms with Gasteiger partial charge < -0.3 is 15.5 Å². The van der Waals surface area contributed by atoms with E-state index in [4.69, 9.17) is 0 Å². The lowest BCUT2D eigenvalue weighted by Gasteiger charge is -2.19. The highest BCUT2D eigenvalue weighted by atomic mass is 16.3. The second-order valence-corrected chi connectivity index (χ2v) is 5.97. The summed E-state index contributed by atoms with van der Waals surface area (Å²) in [6.07, 6.45) is 0. The number of phenolic OH excluding ortho intramolecular Hbond substituents is 2. The van der Waals surface area contributed by atoms with Gasteiger partial charge in [0.15, 0.2) is 11.5 Å². The summed E-state index contributed by atoms with van der Waals surface area (Å²) < 4.78 is 0. The number of hydrogen-bond acceptors (Lipinski definition) is 3. The predicted octanol–water partition coefficient (Wildman–Crippen LogP) is 4.01. The molecular formula is C17H21NO2. The number of phenols is 2. The molecule has 0 amide bonds. The van der Waals surface area contributed by atoms with E-state index >= 15 is 0 Å². The van der Waals surface area contributed by atoms with Crippen molar-refractivity contribution >= 4 is 5.69 Å². The number of anilines is 1. The van der Waals surface area contributed by atoms with Crippen molar-refractivity contribution in [3.8, 4) is 11.5 Å². The first-order chi connectivity index (χ1) is 9.38. The molecule has 0 aliphatic rings. The van der Waals surface area contributed by atoms with Crippen LogP contribution in [0.1, 0.15) is 31.9 Å². The van der Waals surface area contributed by atoms with Crippen LogP contribution in [-0.2, 0) is 12.0 Å². The van der Waals surface area contributed by atoms with Crippen molar-refractivity contribution in [2.24, 2.45) is 0 Å². The first kappa shape index (κ1) is 14.3. The number of aromatic hydroxyl groups is 2. The first-order valence-corrected chi connectivity index (χ1v) is 6.72. The SMILES string of the molecule is CC(C)(C)c1ccc(NCc2cccc(O)c2O)cc1. The Labute approximate surface area is 119 Å². The van der Waals surface area contributed by atoms with E-state index in [1.807, 2.05) is 12.1 Å². The molecule has 2 aromatic carbocycles. The van der Waals surface area contributed by atoms with Gasteiger partial charge in [-0.2, -0.15) is 0 Å². The molecular weight excluding hydrogens is 250 g/mol. The van der Waals surface area contributed by atoms with Gasteiger partial charge in [-0.05, 0) is 29.2 Å². The number of hydrogen-bond donors (Lipinski definition) is 3. The maximum Gasteiger partial charge on any atom is 0.162 e. The van der Waals surface area contributed by atoms with E-state index in [-0.39, 0.29) is 16.9 Å². The molecule has 2 rings (SSSR count). The van der Waals surface area contributed by atoms with Gasteiger partial charge >= 0.3 is 0 Å². The Kier molecular flexibility index (Phi) is 3.89. The van der Waals surface area contributed by atoms with Crippen molar-refractivity contribution in [2.75, 3.05) is 5.32 Å². The van der Waals surface area contributed by atoms with E-state index in [1.165, 1.54) is 11.6 Å². The monoisotopic (exact) mass is 271 g/mol. The van der Waals surface area contributed by atoms with Crippen LogP contribution in [0, 0.1) is 0 Å². The summed E-state index contributed by atoms with van der Waals surface area (Å²) >= 11 is 0. The Morgan fingerprint density at radius 1 is 0.950 bits per heavy atom. The van der Waals surface area contributed by atoms with E-state index in [2.05, 4.69) is 38.2 Å². The van der Waals surface area contributed by atoms with Gasteiger partial charge in [-0.15, -0.1) is 0 Å². The molecule has 0 radical (unpaired) electrons. The van der Waals surface area contributed by atoms with E-state index in [1.54, 1.807) is 12.1 Å². The Balaban J connectivity index is 2.06. The third-order valence-electron chi connectivity index (χ3n) is 3.33. The average Bonchev–Trinajstić information content (AvgIpc) is 2.40. The van der Waals surface area contributed by atoms with Crippen molar-refractivity contribution < 1.29 is 10.2 Å². The summed E-state index contributed by atoms with van der Waals surface area (Å²) in [6.45, 7) is 7.01. The van der Waals surface area contributed by atoms with Crippen molar-refractivity contribution in [1.82, 2.24) is 0 Å². The molecule has 0 unspecified atom stereocenters. The topological polar surface area (TPSA) is 52.5 Å². The molecule has 0 heterocycles. The van der Waals surface area contributed by atoms with Crippen LogP contribution in [0.2, 0.25) is 0 Å². The lowest BCUT2D eigenvalue weighted by molar-refractivity contribution is 0.400. The average molecular weight is 271 g/mol. The number of rotatable bonds is 3. The highest BCUT2D eigenvalue weighted by molar-refractivity contribution is 5.49.